The van der Waals surface area contributed by atoms with Crippen LogP contribution in [-0.2, 0) is 9.59 Å². The quantitative estimate of drug-likeness (QED) is 0.784. The van der Waals surface area contributed by atoms with Crippen molar-refractivity contribution in [3.05, 3.63) is 16.6 Å². The molecule has 2 heterocycles. The van der Waals surface area contributed by atoms with Gasteiger partial charge in [0.2, 0.25) is 5.91 Å². The number of thioether (sulfide) groups is 1. The van der Waals surface area contributed by atoms with E-state index in [0.717, 1.165) is 11.8 Å². The van der Waals surface area contributed by atoms with E-state index in [4.69, 9.17) is 23.2 Å². The van der Waals surface area contributed by atoms with Crippen LogP contribution in [0.5, 0.6) is 0 Å². The van der Waals surface area contributed by atoms with E-state index in [1.54, 1.807) is 0 Å². The maximum atomic E-state index is 11.9. The summed E-state index contributed by atoms with van der Waals surface area (Å²) in [5, 5.41) is 0.173. The number of carbonyl (C=O) groups is 2. The average Bonchev–Trinajstić information content (AvgIpc) is 2.58. The Labute approximate surface area is 118 Å². The molecule has 2 rings (SSSR count). The van der Waals surface area contributed by atoms with E-state index >= 15 is 0 Å². The molecule has 5 nitrogen and oxygen atoms in total. The smallest absolute Gasteiger partial charge is 0.228 e. The van der Waals surface area contributed by atoms with Gasteiger partial charge < -0.3 is 4.90 Å². The first-order chi connectivity index (χ1) is 8.49. The minimum atomic E-state index is -0.132. The Morgan fingerprint density at radius 3 is 2.61 bits per heavy atom. The third-order valence-electron chi connectivity index (χ3n) is 2.43. The predicted molar refractivity (Wildman–Crippen MR) is 71.1 cm³/mol. The summed E-state index contributed by atoms with van der Waals surface area (Å²) in [5.74, 6) is -0.132. The first-order valence-electron chi connectivity index (χ1n) is 5.12. The van der Waals surface area contributed by atoms with Gasteiger partial charge in [-0.1, -0.05) is 35.0 Å². The maximum Gasteiger partial charge on any atom is 0.228 e. The fourth-order valence-corrected chi connectivity index (χ4v) is 3.20. The third-order valence-corrected chi connectivity index (χ3v) is 3.96. The Morgan fingerprint density at radius 1 is 1.44 bits per heavy atom. The number of hydrogen-bond acceptors (Lipinski definition) is 5. The molecular weight excluding hydrogens is 297 g/mol. The molecule has 8 heteroatoms. The molecule has 96 valence electrons. The van der Waals surface area contributed by atoms with Crippen molar-refractivity contribution in [2.75, 3.05) is 11.4 Å². The van der Waals surface area contributed by atoms with E-state index in [-0.39, 0.29) is 33.0 Å². The molecule has 1 fully saturated rings. The van der Waals surface area contributed by atoms with Gasteiger partial charge in [-0.2, -0.15) is 0 Å². The Bertz CT molecular complexity index is 492. The molecule has 1 aliphatic heterocycles. The van der Waals surface area contributed by atoms with E-state index in [9.17, 15) is 9.59 Å². The van der Waals surface area contributed by atoms with Gasteiger partial charge in [0, 0.05) is 25.1 Å². The second kappa shape index (κ2) is 5.42. The Morgan fingerprint density at radius 2 is 2.06 bits per heavy atom. The molecule has 0 aliphatic carbocycles. The summed E-state index contributed by atoms with van der Waals surface area (Å²) in [6.07, 6.45) is 1.52. The van der Waals surface area contributed by atoms with Crippen LogP contribution in [-0.4, -0.2) is 32.8 Å². The van der Waals surface area contributed by atoms with E-state index in [1.807, 2.05) is 0 Å². The SMILES string of the molecule is CC(=O)SC1CC(=O)N(c2c(Cl)ncnc2Cl)C1. The van der Waals surface area contributed by atoms with Crippen LogP contribution < -0.4 is 4.90 Å². The summed E-state index contributed by atoms with van der Waals surface area (Å²) in [6, 6.07) is 0. The molecule has 1 atom stereocenters. The molecule has 1 amide bonds. The Hall–Kier alpha value is -0.850. The molecule has 0 saturated carbocycles. The van der Waals surface area contributed by atoms with Crippen molar-refractivity contribution in [3.8, 4) is 0 Å². The lowest BCUT2D eigenvalue weighted by atomic mass is 10.4. The normalized spacial score (nSPS) is 19.4. The molecule has 1 aromatic rings. The van der Waals surface area contributed by atoms with E-state index < -0.39 is 0 Å². The lowest BCUT2D eigenvalue weighted by Gasteiger charge is -2.17. The van der Waals surface area contributed by atoms with E-state index in [0.29, 0.717) is 12.2 Å². The third kappa shape index (κ3) is 2.76. The fourth-order valence-electron chi connectivity index (χ4n) is 1.76. The highest BCUT2D eigenvalue weighted by Gasteiger charge is 2.34. The van der Waals surface area contributed by atoms with Crippen molar-refractivity contribution in [1.29, 1.82) is 0 Å². The van der Waals surface area contributed by atoms with Crippen LogP contribution >= 0.6 is 35.0 Å². The van der Waals surface area contributed by atoms with Crippen LogP contribution in [0, 0.1) is 0 Å². The largest absolute Gasteiger partial charge is 0.306 e. The van der Waals surface area contributed by atoms with Gasteiger partial charge in [-0.25, -0.2) is 9.97 Å². The van der Waals surface area contributed by atoms with Crippen molar-refractivity contribution < 1.29 is 9.59 Å². The van der Waals surface area contributed by atoms with Crippen LogP contribution in [0.25, 0.3) is 0 Å². The fraction of sp³-hybridized carbons (Fsp3) is 0.400. The van der Waals surface area contributed by atoms with Gasteiger partial charge >= 0.3 is 0 Å². The highest BCUT2D eigenvalue weighted by atomic mass is 35.5. The number of nitrogens with zero attached hydrogens (tertiary/aromatic N) is 3. The molecule has 0 aromatic carbocycles. The van der Waals surface area contributed by atoms with Gasteiger partial charge in [-0.3, -0.25) is 9.59 Å². The Balaban J connectivity index is 2.24. The van der Waals surface area contributed by atoms with Crippen LogP contribution in [0.1, 0.15) is 13.3 Å². The van der Waals surface area contributed by atoms with Crippen molar-refractivity contribution in [2.24, 2.45) is 0 Å². The first kappa shape index (κ1) is 13.6. The Kier molecular flexibility index (Phi) is 4.09. The summed E-state index contributed by atoms with van der Waals surface area (Å²) in [6.45, 7) is 1.86. The number of hydrogen-bond donors (Lipinski definition) is 0. The molecule has 1 saturated heterocycles. The number of carbonyl (C=O) groups excluding carboxylic acids is 2. The molecule has 0 N–H and O–H groups in total. The number of halogens is 2. The van der Waals surface area contributed by atoms with Gasteiger partial charge in [-0.05, 0) is 0 Å². The van der Waals surface area contributed by atoms with Crippen LogP contribution in [0.15, 0.2) is 6.33 Å². The predicted octanol–water partition coefficient (Wildman–Crippen LogP) is 2.17. The second-order valence-electron chi connectivity index (χ2n) is 3.74. The molecule has 1 aromatic heterocycles. The van der Waals surface area contributed by atoms with E-state index in [1.165, 1.54) is 18.2 Å². The summed E-state index contributed by atoms with van der Waals surface area (Å²) in [7, 11) is 0. The molecule has 0 radical (unpaired) electrons. The molecule has 1 aliphatic rings. The minimum absolute atomic E-state index is 0.0174. The van der Waals surface area contributed by atoms with Gasteiger partial charge in [0.25, 0.3) is 0 Å². The first-order valence-corrected chi connectivity index (χ1v) is 6.76. The number of aromatic nitrogens is 2. The van der Waals surface area contributed by atoms with Gasteiger partial charge in [0.1, 0.15) is 12.0 Å². The van der Waals surface area contributed by atoms with Crippen molar-refractivity contribution in [3.63, 3.8) is 0 Å². The summed E-state index contributed by atoms with van der Waals surface area (Å²) in [5.41, 5.74) is 0.317. The van der Waals surface area contributed by atoms with Crippen molar-refractivity contribution in [2.45, 2.75) is 18.6 Å². The molecular formula is C10H9Cl2N3O2S. The summed E-state index contributed by atoms with van der Waals surface area (Å²) >= 11 is 13.0. The molecule has 0 bridgehead atoms. The average molecular weight is 306 g/mol. The molecule has 0 spiro atoms. The lowest BCUT2D eigenvalue weighted by molar-refractivity contribution is -0.117. The van der Waals surface area contributed by atoms with E-state index in [2.05, 4.69) is 9.97 Å². The lowest BCUT2D eigenvalue weighted by Crippen LogP contribution is -2.26. The van der Waals surface area contributed by atoms with Crippen LogP contribution in [0.2, 0.25) is 10.3 Å². The zero-order valence-electron chi connectivity index (χ0n) is 9.39. The highest BCUT2D eigenvalue weighted by molar-refractivity contribution is 8.14. The standard InChI is InChI=1S/C10H9Cl2N3O2S/c1-5(16)18-6-2-7(17)15(3-6)8-9(11)13-4-14-10(8)12/h4,6H,2-3H2,1H3. The second-order valence-corrected chi connectivity index (χ2v) is 5.94. The zero-order valence-corrected chi connectivity index (χ0v) is 11.7. The topological polar surface area (TPSA) is 63.2 Å². The number of amides is 1. The van der Waals surface area contributed by atoms with Crippen molar-refractivity contribution in [1.82, 2.24) is 9.97 Å². The highest BCUT2D eigenvalue weighted by Crippen LogP contribution is 2.35. The monoisotopic (exact) mass is 305 g/mol. The van der Waals surface area contributed by atoms with Gasteiger partial charge in [0.15, 0.2) is 15.4 Å². The number of rotatable bonds is 2. The zero-order chi connectivity index (χ0) is 13.3. The number of anilines is 1. The maximum absolute atomic E-state index is 11.9. The molecule has 18 heavy (non-hydrogen) atoms. The minimum Gasteiger partial charge on any atom is -0.306 e. The van der Waals surface area contributed by atoms with Gasteiger partial charge in [-0.15, -0.1) is 0 Å². The van der Waals surface area contributed by atoms with Crippen LogP contribution in [0.3, 0.4) is 0 Å². The van der Waals surface area contributed by atoms with Crippen molar-refractivity contribution >= 4 is 51.7 Å². The summed E-state index contributed by atoms with van der Waals surface area (Å²) < 4.78 is 0. The van der Waals surface area contributed by atoms with Gasteiger partial charge in [0.05, 0.1) is 0 Å². The summed E-state index contributed by atoms with van der Waals surface area (Å²) in [4.78, 5) is 32.0. The van der Waals surface area contributed by atoms with Crippen LogP contribution in [0.4, 0.5) is 5.69 Å². The molecule has 1 unspecified atom stereocenters.